The second-order valence-electron chi connectivity index (χ2n) is 5.85. The average Bonchev–Trinajstić information content (AvgIpc) is 2.73. The number of amides is 3. The highest BCUT2D eigenvalue weighted by molar-refractivity contribution is 6.43. The minimum absolute atomic E-state index is 0.194. The Morgan fingerprint density at radius 1 is 1.09 bits per heavy atom. The van der Waals surface area contributed by atoms with Crippen LogP contribution in [0, 0.1) is 0 Å². The zero-order valence-electron chi connectivity index (χ0n) is 12.6. The number of halogens is 2. The third-order valence-corrected chi connectivity index (χ3v) is 5.00. The van der Waals surface area contributed by atoms with Gasteiger partial charge in [-0.1, -0.05) is 23.2 Å². The predicted octanol–water partition coefficient (Wildman–Crippen LogP) is -0.0537. The van der Waals surface area contributed by atoms with Crippen LogP contribution in [-0.4, -0.2) is 67.3 Å². The van der Waals surface area contributed by atoms with Gasteiger partial charge in [0.05, 0.1) is 54.4 Å². The Morgan fingerprint density at radius 2 is 1.57 bits per heavy atom. The summed E-state index contributed by atoms with van der Waals surface area (Å²) in [5.41, 5.74) is 0.389. The fraction of sp³-hybridized carbons (Fsp3) is 0.400. The van der Waals surface area contributed by atoms with Gasteiger partial charge in [-0.25, -0.2) is 0 Å². The molecule has 0 aliphatic carbocycles. The number of nitrogens with zero attached hydrogens (tertiary/aromatic N) is 2. The lowest BCUT2D eigenvalue weighted by Gasteiger charge is -2.30. The number of quaternary nitrogens is 1. The maximum Gasteiger partial charge on any atom is 0.262 e. The highest BCUT2D eigenvalue weighted by atomic mass is 35.5. The molecule has 3 rings (SSSR count). The standard InChI is InChI=1S/C15H15Cl2N3O3/c1-18-2-4-19(5-3-18)13(21)8-20-14(22)9-6-11(16)12(17)7-10(9)15(20)23/h6-7H,2-5,8H2,1H3/p+1. The van der Waals surface area contributed by atoms with Crippen LogP contribution in [0.4, 0.5) is 0 Å². The van der Waals surface area contributed by atoms with E-state index < -0.39 is 11.8 Å². The number of rotatable bonds is 2. The summed E-state index contributed by atoms with van der Waals surface area (Å²) in [5, 5.41) is 0.420. The molecule has 1 aromatic carbocycles. The Kier molecular flexibility index (Phi) is 4.31. The summed E-state index contributed by atoms with van der Waals surface area (Å²) in [6.45, 7) is 2.73. The van der Waals surface area contributed by atoms with Gasteiger partial charge in [0, 0.05) is 0 Å². The normalized spacial score (nSPS) is 18.6. The first-order chi connectivity index (χ1) is 10.9. The molecule has 6 nitrogen and oxygen atoms in total. The molecule has 1 fully saturated rings. The number of nitrogens with one attached hydrogen (secondary N) is 1. The Balaban J connectivity index is 1.76. The third-order valence-electron chi connectivity index (χ3n) is 4.27. The van der Waals surface area contributed by atoms with Gasteiger partial charge in [-0.2, -0.15) is 0 Å². The summed E-state index contributed by atoms with van der Waals surface area (Å²) in [5.74, 6) is -1.22. The van der Waals surface area contributed by atoms with Crippen LogP contribution in [0.2, 0.25) is 10.0 Å². The minimum atomic E-state index is -0.503. The van der Waals surface area contributed by atoms with E-state index in [1.54, 1.807) is 4.90 Å². The molecule has 2 aliphatic rings. The van der Waals surface area contributed by atoms with Gasteiger partial charge in [0.15, 0.2) is 0 Å². The molecule has 0 atom stereocenters. The van der Waals surface area contributed by atoms with Crippen LogP contribution in [0.1, 0.15) is 20.7 Å². The first-order valence-electron chi connectivity index (χ1n) is 7.33. The maximum atomic E-state index is 12.4. The van der Waals surface area contributed by atoms with E-state index in [2.05, 4.69) is 7.05 Å². The Labute approximate surface area is 143 Å². The topological polar surface area (TPSA) is 62.1 Å². The molecule has 122 valence electrons. The van der Waals surface area contributed by atoms with Crippen molar-refractivity contribution in [1.82, 2.24) is 9.80 Å². The van der Waals surface area contributed by atoms with Crippen molar-refractivity contribution < 1.29 is 19.3 Å². The van der Waals surface area contributed by atoms with E-state index in [4.69, 9.17) is 23.2 Å². The molecule has 1 aromatic rings. The summed E-state index contributed by atoms with van der Waals surface area (Å²) >= 11 is 11.8. The van der Waals surface area contributed by atoms with Gasteiger partial charge in [-0.3, -0.25) is 19.3 Å². The minimum Gasteiger partial charge on any atom is -0.334 e. The number of carbonyl (C=O) groups excluding carboxylic acids is 3. The maximum absolute atomic E-state index is 12.4. The number of piperazine rings is 1. The lowest BCUT2D eigenvalue weighted by atomic mass is 10.1. The van der Waals surface area contributed by atoms with E-state index in [9.17, 15) is 14.4 Å². The van der Waals surface area contributed by atoms with Crippen molar-refractivity contribution in [2.24, 2.45) is 0 Å². The second-order valence-corrected chi connectivity index (χ2v) is 6.66. The molecular formula is C15H16Cl2N3O3+. The van der Waals surface area contributed by atoms with E-state index in [1.807, 2.05) is 0 Å². The molecule has 0 saturated carbocycles. The largest absolute Gasteiger partial charge is 0.334 e. The first-order valence-corrected chi connectivity index (χ1v) is 8.08. The molecule has 2 aliphatic heterocycles. The van der Waals surface area contributed by atoms with E-state index in [0.29, 0.717) is 13.1 Å². The van der Waals surface area contributed by atoms with Crippen molar-refractivity contribution in [2.45, 2.75) is 0 Å². The van der Waals surface area contributed by atoms with Crippen LogP contribution in [0.3, 0.4) is 0 Å². The summed E-state index contributed by atoms with van der Waals surface area (Å²) in [6, 6.07) is 2.76. The number of likely N-dealkylation sites (N-methyl/N-ethyl adjacent to an activating group) is 1. The summed E-state index contributed by atoms with van der Waals surface area (Å²) in [6.07, 6.45) is 0. The molecule has 23 heavy (non-hydrogen) atoms. The van der Waals surface area contributed by atoms with Gasteiger partial charge in [-0.15, -0.1) is 0 Å². The monoisotopic (exact) mass is 356 g/mol. The molecule has 8 heteroatoms. The molecule has 0 aromatic heterocycles. The van der Waals surface area contributed by atoms with Gasteiger partial charge in [0.25, 0.3) is 11.8 Å². The average molecular weight is 357 g/mol. The highest BCUT2D eigenvalue weighted by Gasteiger charge is 2.38. The van der Waals surface area contributed by atoms with Crippen molar-refractivity contribution in [3.8, 4) is 0 Å². The van der Waals surface area contributed by atoms with Crippen LogP contribution in [0.5, 0.6) is 0 Å². The number of hydrogen-bond acceptors (Lipinski definition) is 3. The van der Waals surface area contributed by atoms with Crippen molar-refractivity contribution in [2.75, 3.05) is 39.8 Å². The van der Waals surface area contributed by atoms with Gasteiger partial charge in [0.1, 0.15) is 6.54 Å². The van der Waals surface area contributed by atoms with Gasteiger partial charge in [-0.05, 0) is 12.1 Å². The third kappa shape index (κ3) is 2.94. The fourth-order valence-electron chi connectivity index (χ4n) is 2.80. The van der Waals surface area contributed by atoms with E-state index >= 15 is 0 Å². The smallest absolute Gasteiger partial charge is 0.262 e. The van der Waals surface area contributed by atoms with E-state index in [-0.39, 0.29) is 33.6 Å². The van der Waals surface area contributed by atoms with Crippen molar-refractivity contribution in [3.63, 3.8) is 0 Å². The summed E-state index contributed by atoms with van der Waals surface area (Å²) in [4.78, 5) is 41.1. The molecular weight excluding hydrogens is 341 g/mol. The number of carbonyl (C=O) groups is 3. The molecule has 0 unspecified atom stereocenters. The van der Waals surface area contributed by atoms with Crippen LogP contribution in [0.15, 0.2) is 12.1 Å². The van der Waals surface area contributed by atoms with Crippen molar-refractivity contribution in [1.29, 1.82) is 0 Å². The Bertz CT molecular complexity index is 658. The van der Waals surface area contributed by atoms with E-state index in [1.165, 1.54) is 17.0 Å². The van der Waals surface area contributed by atoms with Crippen LogP contribution < -0.4 is 4.90 Å². The molecule has 3 amide bonds. The zero-order valence-corrected chi connectivity index (χ0v) is 14.1. The van der Waals surface area contributed by atoms with Gasteiger partial charge < -0.3 is 9.80 Å². The molecule has 1 saturated heterocycles. The van der Waals surface area contributed by atoms with Gasteiger partial charge >= 0.3 is 0 Å². The zero-order chi connectivity index (χ0) is 16.7. The first kappa shape index (κ1) is 16.2. The fourth-order valence-corrected chi connectivity index (χ4v) is 3.13. The van der Waals surface area contributed by atoms with Crippen molar-refractivity contribution in [3.05, 3.63) is 33.3 Å². The van der Waals surface area contributed by atoms with Crippen molar-refractivity contribution >= 4 is 40.9 Å². The Hall–Kier alpha value is -1.63. The molecule has 0 bridgehead atoms. The second kappa shape index (κ2) is 6.11. The SMILES string of the molecule is C[NH+]1CCN(C(=O)CN2C(=O)c3cc(Cl)c(Cl)cc3C2=O)CC1. The lowest BCUT2D eigenvalue weighted by molar-refractivity contribution is -0.883. The number of benzene rings is 1. The summed E-state index contributed by atoms with van der Waals surface area (Å²) in [7, 11) is 2.07. The predicted molar refractivity (Wildman–Crippen MR) is 85.0 cm³/mol. The lowest BCUT2D eigenvalue weighted by Crippen LogP contribution is -3.12. The van der Waals surface area contributed by atoms with Gasteiger partial charge in [0.2, 0.25) is 5.91 Å². The van der Waals surface area contributed by atoms with E-state index in [0.717, 1.165) is 18.0 Å². The molecule has 0 radical (unpaired) electrons. The molecule has 2 heterocycles. The Morgan fingerprint density at radius 3 is 2.04 bits per heavy atom. The highest BCUT2D eigenvalue weighted by Crippen LogP contribution is 2.31. The van der Waals surface area contributed by atoms with Crippen LogP contribution in [0.25, 0.3) is 0 Å². The molecule has 0 spiro atoms. The number of fused-ring (bicyclic) bond motifs is 1. The van der Waals surface area contributed by atoms with Crippen LogP contribution >= 0.6 is 23.2 Å². The van der Waals surface area contributed by atoms with Crippen LogP contribution in [-0.2, 0) is 4.79 Å². The number of imide groups is 1. The summed E-state index contributed by atoms with van der Waals surface area (Å²) < 4.78 is 0. The number of hydrogen-bond donors (Lipinski definition) is 1. The quantitative estimate of drug-likeness (QED) is 0.755. The molecule has 1 N–H and O–H groups in total.